The van der Waals surface area contributed by atoms with Crippen molar-refractivity contribution < 1.29 is 12.6 Å². The van der Waals surface area contributed by atoms with Gasteiger partial charge in [-0.15, -0.1) is 0 Å². The van der Waals surface area contributed by atoms with Crippen molar-refractivity contribution in [2.24, 2.45) is 0 Å². The van der Waals surface area contributed by atoms with E-state index in [4.69, 9.17) is 11.6 Å². The number of H-pyrrole nitrogens is 1. The minimum atomic E-state index is -3.40. The maximum absolute atomic E-state index is 12.9. The number of sulfonamides is 1. The molecule has 3 aromatic rings. The molecule has 132 valence electrons. The summed E-state index contributed by atoms with van der Waals surface area (Å²) in [7, 11) is -4.91. The van der Waals surface area contributed by atoms with E-state index in [1.165, 1.54) is 6.20 Å². The van der Waals surface area contributed by atoms with Gasteiger partial charge in [-0.1, -0.05) is 24.6 Å². The minimum Gasteiger partial charge on any atom is -0.345 e. The average Bonchev–Trinajstić information content (AvgIpc) is 2.96. The molecule has 0 fully saturated rings. The first-order valence-electron chi connectivity index (χ1n) is 7.54. The maximum Gasteiger partial charge on any atom is 0.232 e. The molecule has 0 aliphatic carbocycles. The number of rotatable bonds is 6. The SMILES string of the molecule is CCCS(=O)(=O)Nc1cccc(S(=O)c2c[nH]c3ncc(Cl)cc23)c1. The van der Waals surface area contributed by atoms with Crippen molar-refractivity contribution in [1.82, 2.24) is 9.97 Å². The Morgan fingerprint density at radius 1 is 1.32 bits per heavy atom. The molecule has 2 aromatic heterocycles. The average molecular weight is 398 g/mol. The second-order valence-electron chi connectivity index (χ2n) is 5.42. The van der Waals surface area contributed by atoms with Crippen LogP contribution in [0.5, 0.6) is 0 Å². The molecular formula is C16H16ClN3O3S2. The van der Waals surface area contributed by atoms with E-state index in [1.54, 1.807) is 43.5 Å². The van der Waals surface area contributed by atoms with Gasteiger partial charge in [-0.2, -0.15) is 0 Å². The molecule has 0 saturated heterocycles. The van der Waals surface area contributed by atoms with Crippen LogP contribution in [0.25, 0.3) is 11.0 Å². The van der Waals surface area contributed by atoms with Gasteiger partial charge in [-0.05, 0) is 30.7 Å². The molecule has 25 heavy (non-hydrogen) atoms. The molecule has 0 amide bonds. The van der Waals surface area contributed by atoms with Gasteiger partial charge in [0.2, 0.25) is 10.0 Å². The van der Waals surface area contributed by atoms with Gasteiger partial charge in [0.25, 0.3) is 0 Å². The van der Waals surface area contributed by atoms with Crippen molar-refractivity contribution in [3.8, 4) is 0 Å². The molecule has 9 heteroatoms. The monoisotopic (exact) mass is 397 g/mol. The van der Waals surface area contributed by atoms with Gasteiger partial charge in [-0.25, -0.2) is 17.6 Å². The topological polar surface area (TPSA) is 91.9 Å². The zero-order chi connectivity index (χ0) is 18.0. The summed E-state index contributed by atoms with van der Waals surface area (Å²) < 4.78 is 39.2. The number of aromatic nitrogens is 2. The third-order valence-corrected chi connectivity index (χ3v) is 6.57. The third-order valence-electron chi connectivity index (χ3n) is 3.45. The van der Waals surface area contributed by atoms with E-state index in [-0.39, 0.29) is 5.75 Å². The molecule has 0 spiro atoms. The van der Waals surface area contributed by atoms with E-state index in [0.29, 0.717) is 38.0 Å². The number of aromatic amines is 1. The molecule has 2 N–H and O–H groups in total. The van der Waals surface area contributed by atoms with Crippen molar-refractivity contribution in [3.63, 3.8) is 0 Å². The zero-order valence-corrected chi connectivity index (χ0v) is 15.7. The van der Waals surface area contributed by atoms with Gasteiger partial charge >= 0.3 is 0 Å². The molecular weight excluding hydrogens is 382 g/mol. The Morgan fingerprint density at radius 2 is 2.12 bits per heavy atom. The van der Waals surface area contributed by atoms with E-state index in [2.05, 4.69) is 14.7 Å². The summed E-state index contributed by atoms with van der Waals surface area (Å²) in [4.78, 5) is 8.14. The lowest BCUT2D eigenvalue weighted by Gasteiger charge is -2.08. The zero-order valence-electron chi connectivity index (χ0n) is 13.3. The summed E-state index contributed by atoms with van der Waals surface area (Å²) in [6.07, 6.45) is 3.65. The molecule has 1 unspecified atom stereocenters. The van der Waals surface area contributed by atoms with Gasteiger partial charge < -0.3 is 4.98 Å². The molecule has 0 saturated carbocycles. The molecule has 6 nitrogen and oxygen atoms in total. The van der Waals surface area contributed by atoms with Gasteiger partial charge in [0.05, 0.1) is 26.5 Å². The van der Waals surface area contributed by atoms with Crippen LogP contribution in [0.3, 0.4) is 0 Å². The number of nitrogens with one attached hydrogen (secondary N) is 2. The van der Waals surface area contributed by atoms with Crippen LogP contribution in [0.2, 0.25) is 5.02 Å². The molecule has 1 atom stereocenters. The van der Waals surface area contributed by atoms with Gasteiger partial charge in [-0.3, -0.25) is 4.72 Å². The minimum absolute atomic E-state index is 0.0347. The fraction of sp³-hybridized carbons (Fsp3) is 0.188. The molecule has 2 heterocycles. The number of benzene rings is 1. The van der Waals surface area contributed by atoms with E-state index in [1.807, 2.05) is 0 Å². The number of anilines is 1. The smallest absolute Gasteiger partial charge is 0.232 e. The molecule has 0 aliphatic heterocycles. The normalized spacial score (nSPS) is 13.0. The van der Waals surface area contributed by atoms with Crippen molar-refractivity contribution in [1.29, 1.82) is 0 Å². The first kappa shape index (κ1) is 17.9. The fourth-order valence-electron chi connectivity index (χ4n) is 2.41. The van der Waals surface area contributed by atoms with Crippen molar-refractivity contribution >= 4 is 49.1 Å². The van der Waals surface area contributed by atoms with Crippen molar-refractivity contribution in [2.75, 3.05) is 10.5 Å². The van der Waals surface area contributed by atoms with Crippen molar-refractivity contribution in [3.05, 3.63) is 47.7 Å². The van der Waals surface area contributed by atoms with Crippen LogP contribution in [-0.4, -0.2) is 28.3 Å². The summed E-state index contributed by atoms with van der Waals surface area (Å²) in [6.45, 7) is 1.79. The Bertz CT molecular complexity index is 1050. The first-order chi connectivity index (χ1) is 11.9. The number of pyridine rings is 1. The number of halogens is 1. The van der Waals surface area contributed by atoms with Gasteiger partial charge in [0, 0.05) is 28.4 Å². The second kappa shape index (κ2) is 7.15. The summed E-state index contributed by atoms with van der Waals surface area (Å²) in [5, 5.41) is 1.12. The highest BCUT2D eigenvalue weighted by molar-refractivity contribution is 7.92. The van der Waals surface area contributed by atoms with Crippen LogP contribution >= 0.6 is 11.6 Å². The van der Waals surface area contributed by atoms with Crippen LogP contribution < -0.4 is 4.72 Å². The lowest BCUT2D eigenvalue weighted by molar-refractivity contribution is 0.600. The predicted octanol–water partition coefficient (Wildman–Crippen LogP) is 3.53. The first-order valence-corrected chi connectivity index (χ1v) is 10.7. The maximum atomic E-state index is 12.9. The number of nitrogens with zero attached hydrogens (tertiary/aromatic N) is 1. The highest BCUT2D eigenvalue weighted by Gasteiger charge is 2.15. The highest BCUT2D eigenvalue weighted by atomic mass is 35.5. The number of hydrogen-bond donors (Lipinski definition) is 2. The quantitative estimate of drug-likeness (QED) is 0.665. The standard InChI is InChI=1S/C16H16ClN3O3S2/c1-2-6-25(22,23)20-12-4-3-5-13(8-12)24(21)15-10-19-16-14(15)7-11(17)9-18-16/h3-5,7-10,20H,2,6H2,1H3,(H,18,19). The van der Waals surface area contributed by atoms with E-state index in [9.17, 15) is 12.6 Å². The van der Waals surface area contributed by atoms with Crippen molar-refractivity contribution in [2.45, 2.75) is 23.1 Å². The van der Waals surface area contributed by atoms with E-state index >= 15 is 0 Å². The van der Waals surface area contributed by atoms with Crippen LogP contribution in [-0.2, 0) is 20.8 Å². The Kier molecular flexibility index (Phi) is 5.12. The third kappa shape index (κ3) is 4.02. The summed E-state index contributed by atoms with van der Waals surface area (Å²) in [5.74, 6) is 0.0347. The van der Waals surface area contributed by atoms with E-state index < -0.39 is 20.8 Å². The van der Waals surface area contributed by atoms with Gasteiger partial charge in [0.1, 0.15) is 5.65 Å². The number of fused-ring (bicyclic) bond motifs is 1. The second-order valence-corrected chi connectivity index (χ2v) is 9.15. The Labute approximate surface area is 153 Å². The fourth-order valence-corrected chi connectivity index (χ4v) is 4.90. The van der Waals surface area contributed by atoms with Crippen LogP contribution in [0, 0.1) is 0 Å². The molecule has 0 aliphatic rings. The molecule has 0 radical (unpaired) electrons. The largest absolute Gasteiger partial charge is 0.345 e. The highest BCUT2D eigenvalue weighted by Crippen LogP contribution is 2.27. The molecule has 1 aromatic carbocycles. The summed E-state index contributed by atoms with van der Waals surface area (Å²) in [5.41, 5.74) is 0.975. The molecule has 3 rings (SSSR count). The molecule has 0 bridgehead atoms. The summed E-state index contributed by atoms with van der Waals surface area (Å²) in [6, 6.07) is 8.24. The van der Waals surface area contributed by atoms with Crippen LogP contribution in [0.15, 0.2) is 52.5 Å². The number of hydrogen-bond acceptors (Lipinski definition) is 4. The predicted molar refractivity (Wildman–Crippen MR) is 99.9 cm³/mol. The summed E-state index contributed by atoms with van der Waals surface area (Å²) >= 11 is 5.97. The van der Waals surface area contributed by atoms with E-state index in [0.717, 1.165) is 0 Å². The Morgan fingerprint density at radius 3 is 2.88 bits per heavy atom. The Hall–Kier alpha value is -1.90. The van der Waals surface area contributed by atoms with Gasteiger partial charge in [0.15, 0.2) is 0 Å². The Balaban J connectivity index is 1.95. The van der Waals surface area contributed by atoms with Crippen LogP contribution in [0.4, 0.5) is 5.69 Å². The lowest BCUT2D eigenvalue weighted by atomic mass is 10.3. The lowest BCUT2D eigenvalue weighted by Crippen LogP contribution is -2.16. The van der Waals surface area contributed by atoms with Crippen LogP contribution in [0.1, 0.15) is 13.3 Å².